The van der Waals surface area contributed by atoms with E-state index in [0.29, 0.717) is 0 Å². The van der Waals surface area contributed by atoms with Gasteiger partial charge in [0.05, 0.1) is 0 Å². The molecular formula is C47H93N3O5. The summed E-state index contributed by atoms with van der Waals surface area (Å²) in [5, 5.41) is 17.8. The molecule has 1 rings (SSSR count). The third kappa shape index (κ3) is 44.6. The number of nitrogens with zero attached hydrogens (tertiary/aromatic N) is 3. The van der Waals surface area contributed by atoms with Crippen LogP contribution in [0.25, 0.3) is 0 Å². The third-order valence-corrected chi connectivity index (χ3v) is 11.1. The minimum atomic E-state index is -0.250. The Labute approximate surface area is 341 Å². The number of aryl methyl sites for hydroxylation is 1. The molecule has 0 spiro atoms. The van der Waals surface area contributed by atoms with Gasteiger partial charge in [0, 0.05) is 13.0 Å². The molecule has 0 saturated carbocycles. The average molecular weight is 780 g/mol. The highest BCUT2D eigenvalue weighted by Gasteiger charge is 2.11. The third-order valence-electron chi connectivity index (χ3n) is 11.1. The second-order valence-corrected chi connectivity index (χ2v) is 16.2. The van der Waals surface area contributed by atoms with Crippen molar-refractivity contribution in [3.8, 4) is 0 Å². The van der Waals surface area contributed by atoms with Gasteiger partial charge in [-0.2, -0.15) is 4.98 Å². The van der Waals surface area contributed by atoms with Crippen LogP contribution in [-0.2, 0) is 16.0 Å². The largest absolute Gasteiger partial charge is 0.483 e. The van der Waals surface area contributed by atoms with Gasteiger partial charge >= 0.3 is 0 Å². The maximum Gasteiger partial charge on any atom is 0.290 e. The Morgan fingerprint density at radius 3 is 1.07 bits per heavy atom. The van der Waals surface area contributed by atoms with Gasteiger partial charge in [0.15, 0.2) is 5.82 Å². The zero-order valence-corrected chi connectivity index (χ0v) is 37.1. The van der Waals surface area contributed by atoms with E-state index in [2.05, 4.69) is 35.8 Å². The lowest BCUT2D eigenvalue weighted by Crippen LogP contribution is -2.28. The van der Waals surface area contributed by atoms with Gasteiger partial charge in [0.1, 0.15) is 0 Å². The average Bonchev–Trinajstić information content (AvgIpc) is 3.60. The molecule has 1 aromatic rings. The summed E-state index contributed by atoms with van der Waals surface area (Å²) in [6, 6.07) is 0. The van der Waals surface area contributed by atoms with Crippen molar-refractivity contribution in [2.45, 2.75) is 252 Å². The van der Waals surface area contributed by atoms with Crippen molar-refractivity contribution < 1.29 is 24.3 Å². The highest BCUT2D eigenvalue weighted by atomic mass is 16.5. The minimum Gasteiger partial charge on any atom is -0.483 e. The quantitative estimate of drug-likeness (QED) is 0.0499. The van der Waals surface area contributed by atoms with E-state index in [1.54, 1.807) is 0 Å². The molecule has 0 aliphatic heterocycles. The number of carbonyl (C=O) groups is 2. The van der Waals surface area contributed by atoms with Crippen molar-refractivity contribution in [1.82, 2.24) is 15.0 Å². The molecule has 0 saturated heterocycles. The van der Waals surface area contributed by atoms with E-state index in [0.717, 1.165) is 30.6 Å². The van der Waals surface area contributed by atoms with E-state index in [4.69, 9.17) is 24.3 Å². The van der Waals surface area contributed by atoms with Crippen LogP contribution in [0.2, 0.25) is 0 Å². The molecule has 55 heavy (non-hydrogen) atoms. The van der Waals surface area contributed by atoms with Crippen LogP contribution in [-0.4, -0.2) is 57.8 Å². The van der Waals surface area contributed by atoms with Crippen molar-refractivity contribution >= 4 is 12.9 Å². The van der Waals surface area contributed by atoms with Gasteiger partial charge in [0.25, 0.3) is 12.9 Å². The van der Waals surface area contributed by atoms with E-state index in [1.165, 1.54) is 231 Å². The van der Waals surface area contributed by atoms with Crippen LogP contribution in [0.4, 0.5) is 0 Å². The van der Waals surface area contributed by atoms with Crippen LogP contribution in [0, 0.1) is 12.8 Å². The second kappa shape index (κ2) is 48.2. The van der Waals surface area contributed by atoms with Gasteiger partial charge in [-0.3, -0.25) is 9.59 Å². The van der Waals surface area contributed by atoms with E-state index >= 15 is 0 Å². The van der Waals surface area contributed by atoms with Gasteiger partial charge in [0.2, 0.25) is 5.89 Å². The molecule has 1 heterocycles. The monoisotopic (exact) mass is 780 g/mol. The molecule has 0 atom stereocenters. The van der Waals surface area contributed by atoms with Crippen LogP contribution in [0.5, 0.6) is 0 Å². The Morgan fingerprint density at radius 1 is 0.491 bits per heavy atom. The summed E-state index contributed by atoms with van der Waals surface area (Å²) < 4.78 is 5.44. The maximum atomic E-state index is 8.36. The number of hydrogen-bond donors (Lipinski definition) is 2. The molecule has 0 amide bonds. The van der Waals surface area contributed by atoms with Crippen molar-refractivity contribution in [3.05, 3.63) is 11.7 Å². The molecule has 0 aromatic carbocycles. The maximum absolute atomic E-state index is 8.36. The normalized spacial score (nSPS) is 11.0. The molecule has 0 aliphatic carbocycles. The Hall–Kier alpha value is -1.96. The van der Waals surface area contributed by atoms with Crippen molar-refractivity contribution in [2.75, 3.05) is 19.6 Å². The van der Waals surface area contributed by atoms with Crippen LogP contribution in [0.1, 0.15) is 251 Å². The lowest BCUT2D eigenvalue weighted by molar-refractivity contribution is -0.123. The van der Waals surface area contributed by atoms with Gasteiger partial charge in [-0.15, -0.1) is 0 Å². The second-order valence-electron chi connectivity index (χ2n) is 16.2. The lowest BCUT2D eigenvalue weighted by Gasteiger charge is -2.21. The molecule has 0 fully saturated rings. The van der Waals surface area contributed by atoms with Crippen molar-refractivity contribution in [1.29, 1.82) is 0 Å². The fourth-order valence-corrected chi connectivity index (χ4v) is 7.72. The molecule has 1 aromatic heterocycles. The number of hydrogen-bond acceptors (Lipinski definition) is 6. The first-order valence-electron chi connectivity index (χ1n) is 23.7. The summed E-state index contributed by atoms with van der Waals surface area (Å²) in [5.41, 5.74) is 0. The molecule has 0 aliphatic rings. The Balaban J connectivity index is 0. The Kier molecular flexibility index (Phi) is 48.3. The predicted molar refractivity (Wildman–Crippen MR) is 234 cm³/mol. The van der Waals surface area contributed by atoms with Crippen molar-refractivity contribution in [2.24, 2.45) is 5.92 Å². The predicted octanol–water partition coefficient (Wildman–Crippen LogP) is 14.6. The number of rotatable bonds is 40. The van der Waals surface area contributed by atoms with E-state index < -0.39 is 0 Å². The topological polar surface area (TPSA) is 117 Å². The van der Waals surface area contributed by atoms with Gasteiger partial charge in [-0.25, -0.2) is 0 Å². The first-order valence-corrected chi connectivity index (χ1v) is 23.7. The summed E-state index contributed by atoms with van der Waals surface area (Å²) in [5.74, 6) is 2.56. The smallest absolute Gasteiger partial charge is 0.290 e. The van der Waals surface area contributed by atoms with Gasteiger partial charge in [-0.1, -0.05) is 231 Å². The Bertz CT molecular complexity index is 845. The summed E-state index contributed by atoms with van der Waals surface area (Å²) in [4.78, 5) is 23.9. The van der Waals surface area contributed by atoms with Crippen LogP contribution in [0.15, 0.2) is 4.52 Å². The summed E-state index contributed by atoms with van der Waals surface area (Å²) >= 11 is 0. The van der Waals surface area contributed by atoms with Crippen LogP contribution >= 0.6 is 0 Å². The molecule has 0 bridgehead atoms. The zero-order valence-electron chi connectivity index (χ0n) is 37.1. The van der Waals surface area contributed by atoms with Crippen LogP contribution in [0.3, 0.4) is 0 Å². The first-order chi connectivity index (χ1) is 27.0. The highest BCUT2D eigenvalue weighted by molar-refractivity contribution is 5.33. The van der Waals surface area contributed by atoms with Gasteiger partial charge < -0.3 is 19.6 Å². The fourth-order valence-electron chi connectivity index (χ4n) is 7.72. The Morgan fingerprint density at radius 2 is 0.782 bits per heavy atom. The first kappa shape index (κ1) is 55.1. The van der Waals surface area contributed by atoms with E-state index in [1.807, 2.05) is 6.92 Å². The van der Waals surface area contributed by atoms with Gasteiger partial charge in [-0.05, 0) is 38.8 Å². The summed E-state index contributed by atoms with van der Waals surface area (Å²) in [6.07, 6.45) is 49.6. The zero-order chi connectivity index (χ0) is 40.7. The number of aromatic nitrogens is 2. The molecule has 0 radical (unpaired) electrons. The van der Waals surface area contributed by atoms with Crippen molar-refractivity contribution in [3.63, 3.8) is 0 Å². The fraction of sp³-hybridized carbons (Fsp3) is 0.915. The van der Waals surface area contributed by atoms with Crippen LogP contribution < -0.4 is 0 Å². The molecule has 8 nitrogen and oxygen atoms in total. The summed E-state index contributed by atoms with van der Waals surface area (Å²) in [7, 11) is 0. The standard InChI is InChI=1S/C45H89N3O.2CH2O2/c1-5-8-11-14-17-18-19-20-21-22-23-24-29-34-40-48(42-39-45-46-43(4)47-49-45)41-35-30-25-28-33-38-44(36-31-26-15-12-9-6-2)37-32-27-16-13-10-7-3;2*2-1-3/h44H,5-42H2,1-4H3;2*1H,(H,2,3). The van der Waals surface area contributed by atoms with E-state index in [9.17, 15) is 0 Å². The molecule has 8 heteroatoms. The highest BCUT2D eigenvalue weighted by Crippen LogP contribution is 2.25. The molecular weight excluding hydrogens is 687 g/mol. The molecule has 0 unspecified atom stereocenters. The van der Waals surface area contributed by atoms with E-state index in [-0.39, 0.29) is 12.9 Å². The molecule has 2 N–H and O–H groups in total. The summed E-state index contributed by atoms with van der Waals surface area (Å²) in [6.45, 7) is 11.9. The minimum absolute atomic E-state index is 0.250. The lowest BCUT2D eigenvalue weighted by atomic mass is 9.89. The number of carboxylic acid groups (broad SMARTS) is 2. The number of unbranched alkanes of at least 4 members (excludes halogenated alkanes) is 27. The molecule has 326 valence electrons. The SMILES string of the molecule is CCCCCCCCCCCCCCCCN(CCCCCCCC(CCCCCCCC)CCCCCCCC)CCc1nc(C)no1.O=CO.O=CO.